The number of anilines is 2. The van der Waals surface area contributed by atoms with E-state index in [2.05, 4.69) is 40.1 Å². The van der Waals surface area contributed by atoms with Gasteiger partial charge < -0.3 is 25.3 Å². The Morgan fingerprint density at radius 1 is 1.10 bits per heavy atom. The zero-order valence-electron chi connectivity index (χ0n) is 23.7. The summed E-state index contributed by atoms with van der Waals surface area (Å²) in [6.45, 7) is 13.7. The number of H-pyrrole nitrogens is 1. The monoisotopic (exact) mass is 542 g/mol. The fraction of sp³-hybridized carbons (Fsp3) is 0.344. The van der Waals surface area contributed by atoms with Gasteiger partial charge in [0.15, 0.2) is 0 Å². The Morgan fingerprint density at radius 3 is 2.52 bits per heavy atom. The number of benzene rings is 2. The Hall–Kier alpha value is -4.17. The number of rotatable bonds is 9. The largest absolute Gasteiger partial charge is 0.381 e. The van der Waals surface area contributed by atoms with E-state index in [4.69, 9.17) is 4.74 Å². The summed E-state index contributed by atoms with van der Waals surface area (Å²) < 4.78 is 5.61. The molecule has 0 saturated carbocycles. The molecule has 4 rings (SSSR count). The van der Waals surface area contributed by atoms with Crippen LogP contribution in [0.5, 0.6) is 0 Å². The van der Waals surface area contributed by atoms with Crippen LogP contribution in [0.2, 0.25) is 0 Å². The molecule has 8 heteroatoms. The van der Waals surface area contributed by atoms with Gasteiger partial charge >= 0.3 is 0 Å². The number of aromatic nitrogens is 1. The molecule has 3 N–H and O–H groups in total. The van der Waals surface area contributed by atoms with Crippen LogP contribution >= 0.6 is 0 Å². The molecule has 40 heavy (non-hydrogen) atoms. The van der Waals surface area contributed by atoms with Crippen molar-refractivity contribution >= 4 is 23.2 Å². The maximum atomic E-state index is 13.7. The van der Waals surface area contributed by atoms with Crippen molar-refractivity contribution in [2.75, 3.05) is 30.0 Å². The van der Waals surface area contributed by atoms with Gasteiger partial charge in [0, 0.05) is 60.5 Å². The van der Waals surface area contributed by atoms with Crippen molar-refractivity contribution in [2.24, 2.45) is 0 Å². The minimum absolute atomic E-state index is 0.125. The molecule has 2 heterocycles. The van der Waals surface area contributed by atoms with E-state index in [0.717, 1.165) is 53.0 Å². The molecule has 0 aliphatic carbocycles. The van der Waals surface area contributed by atoms with Gasteiger partial charge in [-0.25, -0.2) is 0 Å². The quantitative estimate of drug-likeness (QED) is 0.329. The molecule has 0 atom stereocenters. The Kier molecular flexibility index (Phi) is 9.22. The van der Waals surface area contributed by atoms with E-state index in [0.29, 0.717) is 36.1 Å². The van der Waals surface area contributed by atoms with Crippen LogP contribution in [0.1, 0.15) is 52.5 Å². The fourth-order valence-corrected chi connectivity index (χ4v) is 5.36. The smallest absolute Gasteiger partial charge is 0.253 e. The predicted molar refractivity (Wildman–Crippen MR) is 160 cm³/mol. The summed E-state index contributed by atoms with van der Waals surface area (Å²) in [5, 5.41) is 5.79. The zero-order chi connectivity index (χ0) is 28.8. The number of carbonyl (C=O) groups is 2. The number of aromatic amines is 1. The number of carbonyl (C=O) groups excluding carboxylic acids is 2. The molecule has 1 aliphatic heterocycles. The normalized spacial score (nSPS) is 13.5. The lowest BCUT2D eigenvalue weighted by Crippen LogP contribution is -2.40. The van der Waals surface area contributed by atoms with Gasteiger partial charge in [-0.3, -0.25) is 14.4 Å². The van der Waals surface area contributed by atoms with E-state index in [1.165, 1.54) is 6.08 Å². The lowest BCUT2D eigenvalue weighted by molar-refractivity contribution is -0.111. The highest BCUT2D eigenvalue weighted by Gasteiger charge is 2.25. The van der Waals surface area contributed by atoms with E-state index in [1.54, 1.807) is 0 Å². The average molecular weight is 543 g/mol. The highest BCUT2D eigenvalue weighted by molar-refractivity contribution is 6.00. The van der Waals surface area contributed by atoms with Crippen LogP contribution in [0.25, 0.3) is 11.1 Å². The lowest BCUT2D eigenvalue weighted by atomic mass is 9.95. The molecule has 1 saturated heterocycles. The number of nitrogens with one attached hydrogen (secondary N) is 3. The first-order chi connectivity index (χ1) is 19.2. The van der Waals surface area contributed by atoms with Crippen molar-refractivity contribution in [3.63, 3.8) is 0 Å². The van der Waals surface area contributed by atoms with Crippen molar-refractivity contribution in [2.45, 2.75) is 53.1 Å². The third-order valence-corrected chi connectivity index (χ3v) is 7.47. The number of nitrogens with zero attached hydrogens (tertiary/aromatic N) is 1. The van der Waals surface area contributed by atoms with Gasteiger partial charge in [-0.1, -0.05) is 18.7 Å². The lowest BCUT2D eigenvalue weighted by Gasteiger charge is -2.37. The number of hydrogen-bond acceptors (Lipinski definition) is 5. The fourth-order valence-electron chi connectivity index (χ4n) is 5.36. The highest BCUT2D eigenvalue weighted by atomic mass is 16.5. The van der Waals surface area contributed by atoms with Gasteiger partial charge in [-0.15, -0.1) is 0 Å². The van der Waals surface area contributed by atoms with Crippen LogP contribution in [-0.2, 0) is 16.1 Å². The number of aryl methyl sites for hydroxylation is 2. The van der Waals surface area contributed by atoms with Crippen molar-refractivity contribution in [1.82, 2.24) is 10.3 Å². The summed E-state index contributed by atoms with van der Waals surface area (Å²) in [5.41, 5.74) is 6.73. The number of pyridine rings is 1. The number of amides is 2. The minimum atomic E-state index is -0.292. The summed E-state index contributed by atoms with van der Waals surface area (Å²) in [6, 6.07) is 13.7. The molecule has 0 spiro atoms. The maximum absolute atomic E-state index is 13.7. The molecule has 210 valence electrons. The molecule has 0 bridgehead atoms. The Labute approximate surface area is 235 Å². The molecule has 2 amide bonds. The molecule has 2 aromatic carbocycles. The van der Waals surface area contributed by atoms with E-state index in [-0.39, 0.29) is 23.9 Å². The van der Waals surface area contributed by atoms with Gasteiger partial charge in [0.25, 0.3) is 11.5 Å². The van der Waals surface area contributed by atoms with Gasteiger partial charge in [0.1, 0.15) is 0 Å². The van der Waals surface area contributed by atoms with Crippen LogP contribution in [0.15, 0.2) is 59.9 Å². The minimum Gasteiger partial charge on any atom is -0.381 e. The second-order valence-corrected chi connectivity index (χ2v) is 10.2. The van der Waals surface area contributed by atoms with E-state index in [1.807, 2.05) is 57.2 Å². The summed E-state index contributed by atoms with van der Waals surface area (Å²) in [7, 11) is 0. The van der Waals surface area contributed by atoms with Gasteiger partial charge in [0.2, 0.25) is 5.91 Å². The van der Waals surface area contributed by atoms with Crippen LogP contribution in [0.4, 0.5) is 11.4 Å². The molecule has 1 fully saturated rings. The van der Waals surface area contributed by atoms with Crippen LogP contribution in [-0.4, -0.2) is 42.6 Å². The molecular weight excluding hydrogens is 504 g/mol. The topological polar surface area (TPSA) is 104 Å². The molecule has 0 unspecified atom stereocenters. The number of hydrogen-bond donors (Lipinski definition) is 3. The maximum Gasteiger partial charge on any atom is 0.253 e. The van der Waals surface area contributed by atoms with Crippen molar-refractivity contribution in [1.29, 1.82) is 0 Å². The van der Waals surface area contributed by atoms with Gasteiger partial charge in [-0.2, -0.15) is 0 Å². The van der Waals surface area contributed by atoms with E-state index < -0.39 is 0 Å². The van der Waals surface area contributed by atoms with Gasteiger partial charge in [0.05, 0.1) is 0 Å². The van der Waals surface area contributed by atoms with Crippen molar-refractivity contribution in [3.05, 3.63) is 93.4 Å². The number of ether oxygens (including phenoxy) is 1. The first kappa shape index (κ1) is 28.8. The molecular formula is C32H38N4O4. The van der Waals surface area contributed by atoms with E-state index >= 15 is 0 Å². The highest BCUT2D eigenvalue weighted by Crippen LogP contribution is 2.34. The second-order valence-electron chi connectivity index (χ2n) is 10.2. The first-order valence-electron chi connectivity index (χ1n) is 13.7. The SMILES string of the molecule is C=CC(=O)Nc1cccc(-c2cc(C(=O)NCc3c(C)cc(C)[nH]c3=O)c(C)c(N(CC)C3CCOCC3)c2)c1. The van der Waals surface area contributed by atoms with Crippen molar-refractivity contribution in [3.8, 4) is 11.1 Å². The summed E-state index contributed by atoms with van der Waals surface area (Å²) in [5.74, 6) is -0.543. The predicted octanol–water partition coefficient (Wildman–Crippen LogP) is 5.03. The summed E-state index contributed by atoms with van der Waals surface area (Å²) in [4.78, 5) is 43.3. The standard InChI is InChI=1S/C32H38N4O4/c1-6-30(37)35-25-10-8-9-23(16-25)24-17-27(31(38)33-19-28-20(3)15-21(4)34-32(28)39)22(5)29(18-24)36(7-2)26-11-13-40-14-12-26/h6,8-10,15-18,26H,1,7,11-14,19H2,2-5H3,(H,33,38)(H,34,39)(H,35,37). The first-order valence-corrected chi connectivity index (χ1v) is 13.7. The van der Waals surface area contributed by atoms with Crippen LogP contribution in [0, 0.1) is 20.8 Å². The average Bonchev–Trinajstić information content (AvgIpc) is 2.94. The Bertz CT molecular complexity index is 1470. The molecule has 0 radical (unpaired) electrons. The van der Waals surface area contributed by atoms with E-state index in [9.17, 15) is 14.4 Å². The Balaban J connectivity index is 1.75. The molecule has 1 aliphatic rings. The van der Waals surface area contributed by atoms with Crippen LogP contribution < -0.4 is 21.1 Å². The molecule has 8 nitrogen and oxygen atoms in total. The van der Waals surface area contributed by atoms with Gasteiger partial charge in [-0.05, 0) is 99.2 Å². The third-order valence-electron chi connectivity index (χ3n) is 7.47. The Morgan fingerprint density at radius 2 is 1.85 bits per heavy atom. The summed E-state index contributed by atoms with van der Waals surface area (Å²) >= 11 is 0. The molecule has 1 aromatic heterocycles. The zero-order valence-corrected chi connectivity index (χ0v) is 23.7. The second kappa shape index (κ2) is 12.8. The van der Waals surface area contributed by atoms with Crippen molar-refractivity contribution < 1.29 is 14.3 Å². The van der Waals surface area contributed by atoms with Crippen LogP contribution in [0.3, 0.4) is 0 Å². The summed E-state index contributed by atoms with van der Waals surface area (Å²) in [6.07, 6.45) is 3.06. The molecule has 3 aromatic rings. The third kappa shape index (κ3) is 6.51.